The van der Waals surface area contributed by atoms with Crippen molar-refractivity contribution in [2.24, 2.45) is 0 Å². The Labute approximate surface area is 178 Å². The minimum atomic E-state index is -4.53. The molecule has 0 atom stereocenters. The largest absolute Gasteiger partial charge is 0.416 e. The molecule has 2 aliphatic heterocycles. The van der Waals surface area contributed by atoms with E-state index in [-0.39, 0.29) is 40.8 Å². The van der Waals surface area contributed by atoms with Crippen LogP contribution in [0.4, 0.5) is 13.2 Å². The van der Waals surface area contributed by atoms with E-state index < -0.39 is 11.7 Å². The monoisotopic (exact) mass is 426 g/mol. The number of rotatable bonds is 4. The molecular weight excluding hydrogens is 405 g/mol. The van der Waals surface area contributed by atoms with E-state index in [1.165, 1.54) is 21.9 Å². The first-order valence-corrected chi connectivity index (χ1v) is 10.1. The summed E-state index contributed by atoms with van der Waals surface area (Å²) < 4.78 is 39.9. The Balaban J connectivity index is 2.01. The van der Waals surface area contributed by atoms with Crippen LogP contribution in [0.25, 0.3) is 11.4 Å². The van der Waals surface area contributed by atoms with Gasteiger partial charge in [0.1, 0.15) is 0 Å². The summed E-state index contributed by atoms with van der Waals surface area (Å²) in [7, 11) is 0. The third kappa shape index (κ3) is 3.24. The second-order valence-electron chi connectivity index (χ2n) is 7.49. The summed E-state index contributed by atoms with van der Waals surface area (Å²) in [4.78, 5) is 29.7. The normalized spacial score (nSPS) is 16.7. The Hall–Kier alpha value is -3.35. The number of carbonyl (C=O) groups excluding carboxylic acids is 2. The zero-order valence-electron chi connectivity index (χ0n) is 17.4. The fourth-order valence-corrected chi connectivity index (χ4v) is 4.24. The summed E-state index contributed by atoms with van der Waals surface area (Å²) in [6.45, 7) is 6.04. The van der Waals surface area contributed by atoms with Crippen LogP contribution in [0.3, 0.4) is 0 Å². The Kier molecular flexibility index (Phi) is 5.00. The standard InChI is InChI=1S/C24H21F3N2O2/c1-4-28-20(15-9-6-8-14(3)12-15)18-19(23(28)31)21(29(5-2)22(18)30)16-10-7-11-17(13-16)24(25,26)27/h6-13H,4-5H2,1-3H3. The summed E-state index contributed by atoms with van der Waals surface area (Å²) in [6.07, 6.45) is -4.53. The van der Waals surface area contributed by atoms with E-state index in [0.29, 0.717) is 12.2 Å². The second kappa shape index (κ2) is 7.41. The predicted octanol–water partition coefficient (Wildman–Crippen LogP) is 4.86. The molecule has 0 spiro atoms. The van der Waals surface area contributed by atoms with Crippen LogP contribution in [0.1, 0.15) is 36.1 Å². The van der Waals surface area contributed by atoms with E-state index in [1.807, 2.05) is 38.1 Å². The SMILES string of the molecule is CCN1C(=O)C2=C(c3cccc(C(F)(F)F)c3)N(CC)C(=O)C2=C1c1cccc(C)c1. The average molecular weight is 426 g/mol. The van der Waals surface area contributed by atoms with Crippen LogP contribution in [0.5, 0.6) is 0 Å². The van der Waals surface area contributed by atoms with E-state index in [2.05, 4.69) is 0 Å². The van der Waals surface area contributed by atoms with Crippen molar-refractivity contribution in [1.29, 1.82) is 0 Å². The number of hydrogen-bond acceptors (Lipinski definition) is 2. The molecule has 2 amide bonds. The van der Waals surface area contributed by atoms with Crippen LogP contribution in [-0.2, 0) is 15.8 Å². The summed E-state index contributed by atoms with van der Waals surface area (Å²) in [5.41, 5.74) is 2.26. The molecule has 2 aliphatic rings. The number of halogens is 3. The van der Waals surface area contributed by atoms with Gasteiger partial charge in [0, 0.05) is 13.1 Å². The average Bonchev–Trinajstić information content (AvgIpc) is 3.18. The highest BCUT2D eigenvalue weighted by molar-refractivity contribution is 6.30. The van der Waals surface area contributed by atoms with Crippen LogP contribution in [-0.4, -0.2) is 34.7 Å². The number of benzene rings is 2. The molecule has 2 aromatic rings. The van der Waals surface area contributed by atoms with E-state index in [1.54, 1.807) is 6.92 Å². The first kappa shape index (κ1) is 20.9. The Morgan fingerprint density at radius 2 is 1.26 bits per heavy atom. The smallest absolute Gasteiger partial charge is 0.307 e. The van der Waals surface area contributed by atoms with Crippen molar-refractivity contribution in [3.63, 3.8) is 0 Å². The van der Waals surface area contributed by atoms with Crippen molar-refractivity contribution >= 4 is 23.2 Å². The predicted molar refractivity (Wildman–Crippen MR) is 111 cm³/mol. The van der Waals surface area contributed by atoms with E-state index in [9.17, 15) is 22.8 Å². The third-order valence-electron chi connectivity index (χ3n) is 5.57. The van der Waals surface area contributed by atoms with Gasteiger partial charge < -0.3 is 9.80 Å². The van der Waals surface area contributed by atoms with E-state index in [0.717, 1.165) is 23.3 Å². The molecule has 2 heterocycles. The van der Waals surface area contributed by atoms with Crippen LogP contribution < -0.4 is 0 Å². The van der Waals surface area contributed by atoms with Gasteiger partial charge >= 0.3 is 6.18 Å². The zero-order chi connectivity index (χ0) is 22.5. The molecular formula is C24H21F3N2O2. The van der Waals surface area contributed by atoms with Crippen molar-refractivity contribution in [1.82, 2.24) is 9.80 Å². The lowest BCUT2D eigenvalue weighted by Crippen LogP contribution is -2.29. The Morgan fingerprint density at radius 3 is 1.71 bits per heavy atom. The maximum Gasteiger partial charge on any atom is 0.416 e. The number of aryl methyl sites for hydroxylation is 1. The molecule has 31 heavy (non-hydrogen) atoms. The van der Waals surface area contributed by atoms with Crippen molar-refractivity contribution in [2.75, 3.05) is 13.1 Å². The van der Waals surface area contributed by atoms with Crippen molar-refractivity contribution in [3.05, 3.63) is 81.9 Å². The second-order valence-corrected chi connectivity index (χ2v) is 7.49. The first-order valence-electron chi connectivity index (χ1n) is 10.1. The molecule has 0 N–H and O–H groups in total. The van der Waals surface area contributed by atoms with Crippen LogP contribution >= 0.6 is 0 Å². The quantitative estimate of drug-likeness (QED) is 0.701. The van der Waals surface area contributed by atoms with Gasteiger partial charge in [-0.3, -0.25) is 9.59 Å². The maximum absolute atomic E-state index is 13.4. The molecule has 4 rings (SSSR count). The molecule has 160 valence electrons. The number of fused-ring (bicyclic) bond motifs is 1. The number of carbonyl (C=O) groups is 2. The molecule has 0 saturated heterocycles. The molecule has 4 nitrogen and oxygen atoms in total. The molecule has 0 bridgehead atoms. The van der Waals surface area contributed by atoms with Crippen LogP contribution in [0.2, 0.25) is 0 Å². The summed E-state index contributed by atoms with van der Waals surface area (Å²) in [5, 5.41) is 0. The lowest BCUT2D eigenvalue weighted by atomic mass is 10.0. The Morgan fingerprint density at radius 1 is 0.774 bits per heavy atom. The maximum atomic E-state index is 13.4. The van der Waals surface area contributed by atoms with Gasteiger partial charge in [-0.2, -0.15) is 13.2 Å². The van der Waals surface area contributed by atoms with Crippen LogP contribution in [0.15, 0.2) is 59.7 Å². The van der Waals surface area contributed by atoms with E-state index >= 15 is 0 Å². The highest BCUT2D eigenvalue weighted by Gasteiger charge is 2.48. The number of nitrogens with zero attached hydrogens (tertiary/aromatic N) is 2. The van der Waals surface area contributed by atoms with Crippen molar-refractivity contribution < 1.29 is 22.8 Å². The summed E-state index contributed by atoms with van der Waals surface area (Å²) in [6, 6.07) is 12.3. The van der Waals surface area contributed by atoms with Crippen LogP contribution in [0, 0.1) is 6.92 Å². The van der Waals surface area contributed by atoms with Gasteiger partial charge in [0.05, 0.1) is 28.1 Å². The molecule has 0 aromatic heterocycles. The fraction of sp³-hybridized carbons (Fsp3) is 0.250. The molecule has 0 unspecified atom stereocenters. The lowest BCUT2D eigenvalue weighted by Gasteiger charge is -2.24. The number of hydrogen-bond donors (Lipinski definition) is 0. The third-order valence-corrected chi connectivity index (χ3v) is 5.57. The van der Waals surface area contributed by atoms with Gasteiger partial charge in [-0.05, 0) is 50.1 Å². The van der Waals surface area contributed by atoms with E-state index in [4.69, 9.17) is 0 Å². The minimum Gasteiger partial charge on any atom is -0.307 e. The number of alkyl halides is 3. The van der Waals surface area contributed by atoms with Gasteiger partial charge in [-0.15, -0.1) is 0 Å². The molecule has 0 radical (unpaired) electrons. The molecule has 2 aromatic carbocycles. The van der Waals surface area contributed by atoms with Gasteiger partial charge in [0.25, 0.3) is 11.8 Å². The summed E-state index contributed by atoms with van der Waals surface area (Å²) >= 11 is 0. The topological polar surface area (TPSA) is 40.6 Å². The Bertz CT molecular complexity index is 1160. The highest BCUT2D eigenvalue weighted by atomic mass is 19.4. The number of amides is 2. The fourth-order valence-electron chi connectivity index (χ4n) is 4.24. The zero-order valence-corrected chi connectivity index (χ0v) is 17.4. The lowest BCUT2D eigenvalue weighted by molar-refractivity contribution is -0.137. The van der Waals surface area contributed by atoms with Gasteiger partial charge in [0.15, 0.2) is 0 Å². The van der Waals surface area contributed by atoms with Crippen molar-refractivity contribution in [3.8, 4) is 0 Å². The molecule has 7 heteroatoms. The van der Waals surface area contributed by atoms with Gasteiger partial charge in [-0.1, -0.05) is 35.9 Å². The highest BCUT2D eigenvalue weighted by Crippen LogP contribution is 2.46. The molecule has 0 aliphatic carbocycles. The van der Waals surface area contributed by atoms with Gasteiger partial charge in [0.2, 0.25) is 0 Å². The molecule has 0 fully saturated rings. The number of likely N-dealkylation sites (N-methyl/N-ethyl adjacent to an activating group) is 2. The summed E-state index contributed by atoms with van der Waals surface area (Å²) in [5.74, 6) is -0.739. The minimum absolute atomic E-state index is 0.171. The van der Waals surface area contributed by atoms with Crippen molar-refractivity contribution in [2.45, 2.75) is 26.9 Å². The van der Waals surface area contributed by atoms with Gasteiger partial charge in [-0.25, -0.2) is 0 Å². The first-order chi connectivity index (χ1) is 14.7. The molecule has 0 saturated carbocycles.